The lowest BCUT2D eigenvalue weighted by molar-refractivity contribution is -0.139. The van der Waals surface area contributed by atoms with E-state index in [0.717, 1.165) is 0 Å². The zero-order valence-electron chi connectivity index (χ0n) is 10.1. The predicted molar refractivity (Wildman–Crippen MR) is 69.3 cm³/mol. The number of carbonyl (C=O) groups excluding carboxylic acids is 1. The first-order valence-electron chi connectivity index (χ1n) is 5.69. The number of carboxylic acid groups (broad SMARTS) is 1. The van der Waals surface area contributed by atoms with Crippen LogP contribution >= 0.6 is 0 Å². The van der Waals surface area contributed by atoms with Crippen LogP contribution < -0.4 is 16.4 Å². The maximum Gasteiger partial charge on any atom is 0.326 e. The molecule has 0 aliphatic heterocycles. The molecule has 98 valence electrons. The Kier molecular flexibility index (Phi) is 4.98. The number of hydrogen-bond donors (Lipinski definition) is 4. The summed E-state index contributed by atoms with van der Waals surface area (Å²) in [4.78, 5) is 22.5. The number of benzene rings is 1. The second kappa shape index (κ2) is 6.48. The summed E-state index contributed by atoms with van der Waals surface area (Å²) in [6.45, 7) is 1.85. The molecule has 0 aliphatic rings. The molecule has 0 aliphatic carbocycles. The lowest BCUT2D eigenvalue weighted by atomic mass is 10.2. The maximum absolute atomic E-state index is 11.6. The molecule has 6 nitrogen and oxygen atoms in total. The molecular weight excluding hydrogens is 234 g/mol. The van der Waals surface area contributed by atoms with Crippen LogP contribution in [0.2, 0.25) is 0 Å². The highest BCUT2D eigenvalue weighted by atomic mass is 16.4. The smallest absolute Gasteiger partial charge is 0.326 e. The van der Waals surface area contributed by atoms with Gasteiger partial charge in [0.2, 0.25) is 0 Å². The van der Waals surface area contributed by atoms with E-state index in [1.165, 1.54) is 0 Å². The molecule has 0 saturated carbocycles. The van der Waals surface area contributed by atoms with Crippen molar-refractivity contribution in [3.63, 3.8) is 0 Å². The molecule has 18 heavy (non-hydrogen) atoms. The molecule has 1 atom stereocenters. The van der Waals surface area contributed by atoms with Crippen molar-refractivity contribution in [2.45, 2.75) is 25.8 Å². The molecule has 0 unspecified atom stereocenters. The normalized spacial score (nSPS) is 11.6. The number of nitrogens with one attached hydrogen (secondary N) is 2. The summed E-state index contributed by atoms with van der Waals surface area (Å²) < 4.78 is 0. The first-order valence-corrected chi connectivity index (χ1v) is 5.69. The standard InChI is InChI=1S/C12H17N3O3/c1-2-5-10(11(16)17)15-12(18)14-9-7-4-3-6-8(9)13/h3-4,6-7,10H,2,5,13H2,1H3,(H,16,17)(H2,14,15,18)/t10-/m0/s1. The van der Waals surface area contributed by atoms with Gasteiger partial charge in [-0.1, -0.05) is 25.5 Å². The fraction of sp³-hybridized carbons (Fsp3) is 0.333. The van der Waals surface area contributed by atoms with Crippen LogP contribution in [0.1, 0.15) is 19.8 Å². The lowest BCUT2D eigenvalue weighted by Crippen LogP contribution is -2.42. The molecule has 1 aromatic carbocycles. The van der Waals surface area contributed by atoms with Gasteiger partial charge in [0.1, 0.15) is 6.04 Å². The molecule has 0 spiro atoms. The van der Waals surface area contributed by atoms with Crippen LogP contribution in [0, 0.1) is 0 Å². The van der Waals surface area contributed by atoms with Crippen LogP contribution in [0.3, 0.4) is 0 Å². The van der Waals surface area contributed by atoms with Crippen LogP contribution in [0.25, 0.3) is 0 Å². The Morgan fingerprint density at radius 1 is 1.39 bits per heavy atom. The Hall–Kier alpha value is -2.24. The van der Waals surface area contributed by atoms with Gasteiger partial charge in [-0.05, 0) is 18.6 Å². The van der Waals surface area contributed by atoms with Crippen molar-refractivity contribution in [2.24, 2.45) is 0 Å². The molecule has 5 N–H and O–H groups in total. The van der Waals surface area contributed by atoms with E-state index in [-0.39, 0.29) is 0 Å². The van der Waals surface area contributed by atoms with E-state index in [1.54, 1.807) is 24.3 Å². The monoisotopic (exact) mass is 251 g/mol. The number of nitrogens with two attached hydrogens (primary N) is 1. The predicted octanol–water partition coefficient (Wildman–Crippen LogP) is 1.64. The summed E-state index contributed by atoms with van der Waals surface area (Å²) in [5.74, 6) is -1.05. The molecule has 0 radical (unpaired) electrons. The highest BCUT2D eigenvalue weighted by Gasteiger charge is 2.18. The van der Waals surface area contributed by atoms with Crippen molar-refractivity contribution >= 4 is 23.4 Å². The van der Waals surface area contributed by atoms with Gasteiger partial charge in [-0.3, -0.25) is 0 Å². The van der Waals surface area contributed by atoms with Gasteiger partial charge in [-0.2, -0.15) is 0 Å². The van der Waals surface area contributed by atoms with Gasteiger partial charge in [0.15, 0.2) is 0 Å². The molecular formula is C12H17N3O3. The Morgan fingerprint density at radius 3 is 2.61 bits per heavy atom. The Balaban J connectivity index is 2.61. The third-order valence-electron chi connectivity index (χ3n) is 2.39. The summed E-state index contributed by atoms with van der Waals surface area (Å²) in [6.07, 6.45) is 1.05. The van der Waals surface area contributed by atoms with Crippen molar-refractivity contribution in [1.29, 1.82) is 0 Å². The van der Waals surface area contributed by atoms with E-state index in [9.17, 15) is 9.59 Å². The molecule has 0 heterocycles. The van der Waals surface area contributed by atoms with Gasteiger partial charge in [-0.15, -0.1) is 0 Å². The first kappa shape index (κ1) is 13.8. The summed E-state index contributed by atoms with van der Waals surface area (Å²) in [5, 5.41) is 13.8. The van der Waals surface area contributed by atoms with Crippen molar-refractivity contribution in [3.8, 4) is 0 Å². The van der Waals surface area contributed by atoms with Crippen molar-refractivity contribution in [3.05, 3.63) is 24.3 Å². The summed E-state index contributed by atoms with van der Waals surface area (Å²) in [6, 6.07) is 5.30. The second-order valence-electron chi connectivity index (χ2n) is 3.87. The van der Waals surface area contributed by atoms with Crippen LogP contribution in [0.15, 0.2) is 24.3 Å². The minimum absolute atomic E-state index is 0.382. The third-order valence-corrected chi connectivity index (χ3v) is 2.39. The molecule has 0 fully saturated rings. The Bertz CT molecular complexity index is 434. The number of carboxylic acids is 1. The van der Waals surface area contributed by atoms with Gasteiger partial charge < -0.3 is 21.5 Å². The number of hydrogen-bond acceptors (Lipinski definition) is 3. The van der Waals surface area contributed by atoms with E-state index in [0.29, 0.717) is 24.2 Å². The number of anilines is 2. The summed E-state index contributed by atoms with van der Waals surface area (Å²) in [7, 11) is 0. The van der Waals surface area contributed by atoms with E-state index in [4.69, 9.17) is 10.8 Å². The van der Waals surface area contributed by atoms with E-state index in [1.807, 2.05) is 6.92 Å². The van der Waals surface area contributed by atoms with Gasteiger partial charge in [0.05, 0.1) is 11.4 Å². The van der Waals surface area contributed by atoms with Crippen LogP contribution in [-0.2, 0) is 4.79 Å². The zero-order valence-corrected chi connectivity index (χ0v) is 10.1. The average molecular weight is 251 g/mol. The Morgan fingerprint density at radius 2 is 2.06 bits per heavy atom. The van der Waals surface area contributed by atoms with Crippen molar-refractivity contribution in [2.75, 3.05) is 11.1 Å². The average Bonchev–Trinajstić information content (AvgIpc) is 2.31. The van der Waals surface area contributed by atoms with Crippen LogP contribution in [-0.4, -0.2) is 23.1 Å². The van der Waals surface area contributed by atoms with Crippen molar-refractivity contribution < 1.29 is 14.7 Å². The molecule has 0 saturated heterocycles. The highest BCUT2D eigenvalue weighted by molar-refractivity contribution is 5.94. The number of para-hydroxylation sites is 2. The Labute approximate surface area is 105 Å². The van der Waals surface area contributed by atoms with Crippen LogP contribution in [0.5, 0.6) is 0 Å². The molecule has 1 rings (SSSR count). The molecule has 1 aromatic rings. The molecule has 2 amide bonds. The summed E-state index contributed by atoms with van der Waals surface area (Å²) in [5.41, 5.74) is 6.54. The minimum atomic E-state index is -1.05. The van der Waals surface area contributed by atoms with E-state index in [2.05, 4.69) is 10.6 Å². The fourth-order valence-corrected chi connectivity index (χ4v) is 1.47. The van der Waals surface area contributed by atoms with E-state index >= 15 is 0 Å². The number of rotatable bonds is 5. The van der Waals surface area contributed by atoms with Gasteiger partial charge in [0.25, 0.3) is 0 Å². The van der Waals surface area contributed by atoms with Crippen LogP contribution in [0.4, 0.5) is 16.2 Å². The van der Waals surface area contributed by atoms with Gasteiger partial charge in [0, 0.05) is 0 Å². The van der Waals surface area contributed by atoms with Gasteiger partial charge in [-0.25, -0.2) is 9.59 Å². The zero-order chi connectivity index (χ0) is 13.5. The maximum atomic E-state index is 11.6. The minimum Gasteiger partial charge on any atom is -0.480 e. The topological polar surface area (TPSA) is 104 Å². The number of nitrogen functional groups attached to an aromatic ring is 1. The quantitative estimate of drug-likeness (QED) is 0.597. The number of aliphatic carboxylic acids is 1. The SMILES string of the molecule is CCC[C@H](NC(=O)Nc1ccccc1N)C(=O)O. The first-order chi connectivity index (χ1) is 8.54. The number of urea groups is 1. The van der Waals surface area contributed by atoms with Crippen molar-refractivity contribution in [1.82, 2.24) is 5.32 Å². The number of carbonyl (C=O) groups is 2. The molecule has 0 aromatic heterocycles. The summed E-state index contributed by atoms with van der Waals surface area (Å²) >= 11 is 0. The second-order valence-corrected chi connectivity index (χ2v) is 3.87. The highest BCUT2D eigenvalue weighted by Crippen LogP contribution is 2.16. The van der Waals surface area contributed by atoms with Gasteiger partial charge >= 0.3 is 12.0 Å². The largest absolute Gasteiger partial charge is 0.480 e. The van der Waals surface area contributed by atoms with E-state index < -0.39 is 18.0 Å². The number of amides is 2. The third kappa shape index (κ3) is 3.97. The fourth-order valence-electron chi connectivity index (χ4n) is 1.47. The molecule has 6 heteroatoms. The molecule has 0 bridgehead atoms. The lowest BCUT2D eigenvalue weighted by Gasteiger charge is -2.14.